The number of hydrogen-bond acceptors (Lipinski definition) is 4. The number of carbonyl (C=O) groups is 1. The van der Waals surface area contributed by atoms with Crippen LogP contribution in [0.2, 0.25) is 0 Å². The molecule has 1 heterocycles. The highest BCUT2D eigenvalue weighted by Gasteiger charge is 2.17. The lowest BCUT2D eigenvalue weighted by atomic mass is 10.2. The van der Waals surface area contributed by atoms with Crippen molar-refractivity contribution in [1.82, 2.24) is 0 Å². The predicted octanol–water partition coefficient (Wildman–Crippen LogP) is 4.23. The van der Waals surface area contributed by atoms with E-state index in [2.05, 4.69) is 10.0 Å². The molecular weight excluding hydrogens is 390 g/mol. The molecule has 0 spiro atoms. The molecule has 2 N–H and O–H groups in total. The maximum atomic E-state index is 13.3. The van der Waals surface area contributed by atoms with Gasteiger partial charge in [0, 0.05) is 11.4 Å². The van der Waals surface area contributed by atoms with Crippen molar-refractivity contribution >= 4 is 27.3 Å². The second kappa shape index (κ2) is 7.43. The summed E-state index contributed by atoms with van der Waals surface area (Å²) in [5.74, 6) is -1.65. The fourth-order valence-corrected chi connectivity index (χ4v) is 3.60. The first kappa shape index (κ1) is 19.6. The minimum Gasteiger partial charge on any atom is -0.466 e. The Morgan fingerprint density at radius 3 is 2.14 bits per heavy atom. The van der Waals surface area contributed by atoms with Gasteiger partial charge in [-0.3, -0.25) is 9.52 Å². The van der Waals surface area contributed by atoms with Gasteiger partial charge in [0.25, 0.3) is 15.9 Å². The molecule has 28 heavy (non-hydrogen) atoms. The molecule has 0 aliphatic rings. The Hall–Kier alpha value is -3.20. The molecule has 2 aromatic carbocycles. The van der Waals surface area contributed by atoms with Gasteiger partial charge in [-0.1, -0.05) is 0 Å². The van der Waals surface area contributed by atoms with Gasteiger partial charge in [0.15, 0.2) is 11.6 Å². The number of benzene rings is 2. The van der Waals surface area contributed by atoms with Gasteiger partial charge in [-0.05, 0) is 62.4 Å². The van der Waals surface area contributed by atoms with Crippen molar-refractivity contribution in [2.75, 3.05) is 10.0 Å². The fraction of sp³-hybridized carbons (Fsp3) is 0.105. The van der Waals surface area contributed by atoms with Crippen LogP contribution < -0.4 is 10.0 Å². The third-order valence-electron chi connectivity index (χ3n) is 3.88. The second-order valence-electron chi connectivity index (χ2n) is 6.04. The van der Waals surface area contributed by atoms with Gasteiger partial charge < -0.3 is 9.73 Å². The summed E-state index contributed by atoms with van der Waals surface area (Å²) in [6, 6.07) is 9.79. The van der Waals surface area contributed by atoms with Gasteiger partial charge in [0.2, 0.25) is 0 Å². The van der Waals surface area contributed by atoms with Gasteiger partial charge >= 0.3 is 0 Å². The molecular formula is C19H16F2N2O4S. The molecule has 146 valence electrons. The number of anilines is 2. The van der Waals surface area contributed by atoms with Gasteiger partial charge in [-0.2, -0.15) is 0 Å². The summed E-state index contributed by atoms with van der Waals surface area (Å²) in [6.45, 7) is 3.41. The van der Waals surface area contributed by atoms with Crippen molar-refractivity contribution in [2.45, 2.75) is 18.7 Å². The monoisotopic (exact) mass is 406 g/mol. The highest BCUT2D eigenvalue weighted by atomic mass is 32.2. The van der Waals surface area contributed by atoms with Crippen LogP contribution in [0.1, 0.15) is 21.9 Å². The Labute approximate surface area is 160 Å². The van der Waals surface area contributed by atoms with Crippen LogP contribution in [0.25, 0.3) is 0 Å². The number of halogens is 2. The molecule has 3 rings (SSSR count). The molecule has 3 aromatic rings. The molecule has 1 amide bonds. The Morgan fingerprint density at radius 2 is 1.57 bits per heavy atom. The Morgan fingerprint density at radius 1 is 0.929 bits per heavy atom. The minimum absolute atomic E-state index is 0.193. The maximum Gasteiger partial charge on any atom is 0.261 e. The summed E-state index contributed by atoms with van der Waals surface area (Å²) < 4.78 is 58.4. The summed E-state index contributed by atoms with van der Waals surface area (Å²) in [5, 5.41) is 2.68. The average molecular weight is 406 g/mol. The van der Waals surface area contributed by atoms with Gasteiger partial charge in [-0.15, -0.1) is 0 Å². The Balaban J connectivity index is 1.72. The van der Waals surface area contributed by atoms with Crippen LogP contribution in [0, 0.1) is 25.5 Å². The molecule has 0 saturated carbocycles. The number of nitrogens with one attached hydrogen (secondary N) is 2. The third kappa shape index (κ3) is 4.20. The van der Waals surface area contributed by atoms with Gasteiger partial charge in [0.05, 0.1) is 10.5 Å². The molecule has 0 aliphatic carbocycles. The zero-order valence-corrected chi connectivity index (χ0v) is 15.7. The molecule has 0 saturated heterocycles. The van der Waals surface area contributed by atoms with Crippen molar-refractivity contribution in [3.63, 3.8) is 0 Å². The molecule has 0 bridgehead atoms. The van der Waals surface area contributed by atoms with Crippen LogP contribution in [0.15, 0.2) is 57.8 Å². The van der Waals surface area contributed by atoms with Crippen molar-refractivity contribution in [3.05, 3.63) is 77.2 Å². The van der Waals surface area contributed by atoms with Gasteiger partial charge in [-0.25, -0.2) is 17.2 Å². The van der Waals surface area contributed by atoms with Crippen molar-refractivity contribution in [1.29, 1.82) is 0 Å². The SMILES string of the molecule is Cc1cc(C(=O)Nc2ccc(NS(=O)(=O)c3ccc(F)c(F)c3)cc2)c(C)o1. The quantitative estimate of drug-likeness (QED) is 0.664. The lowest BCUT2D eigenvalue weighted by Gasteiger charge is -2.10. The molecule has 0 fully saturated rings. The number of aryl methyl sites for hydroxylation is 2. The fourth-order valence-electron chi connectivity index (χ4n) is 2.53. The van der Waals surface area contributed by atoms with Crippen LogP contribution in [-0.2, 0) is 10.0 Å². The zero-order chi connectivity index (χ0) is 20.5. The lowest BCUT2D eigenvalue weighted by Crippen LogP contribution is -2.14. The van der Waals surface area contributed by atoms with E-state index in [0.717, 1.165) is 12.1 Å². The van der Waals surface area contributed by atoms with Crippen LogP contribution in [-0.4, -0.2) is 14.3 Å². The van der Waals surface area contributed by atoms with E-state index < -0.39 is 26.6 Å². The van der Waals surface area contributed by atoms with Crippen molar-refractivity contribution in [3.8, 4) is 0 Å². The van der Waals surface area contributed by atoms with Crippen LogP contribution >= 0.6 is 0 Å². The molecule has 0 aliphatic heterocycles. The van der Waals surface area contributed by atoms with E-state index in [1.54, 1.807) is 19.9 Å². The number of hydrogen-bond donors (Lipinski definition) is 2. The first-order valence-corrected chi connectivity index (χ1v) is 9.60. The number of sulfonamides is 1. The highest BCUT2D eigenvalue weighted by molar-refractivity contribution is 7.92. The summed E-state index contributed by atoms with van der Waals surface area (Å²) in [5.41, 5.74) is 1.04. The first-order chi connectivity index (χ1) is 13.2. The second-order valence-corrected chi connectivity index (χ2v) is 7.72. The van der Waals surface area contributed by atoms with Crippen molar-refractivity contribution in [2.24, 2.45) is 0 Å². The van der Waals surface area contributed by atoms with E-state index >= 15 is 0 Å². The zero-order valence-electron chi connectivity index (χ0n) is 14.9. The van der Waals surface area contributed by atoms with Gasteiger partial charge in [0.1, 0.15) is 11.5 Å². The highest BCUT2D eigenvalue weighted by Crippen LogP contribution is 2.21. The molecule has 0 atom stereocenters. The number of rotatable bonds is 5. The van der Waals surface area contributed by atoms with Crippen molar-refractivity contribution < 1.29 is 26.4 Å². The summed E-state index contributed by atoms with van der Waals surface area (Å²) in [7, 11) is -4.09. The van der Waals surface area contributed by atoms with Crippen LogP contribution in [0.4, 0.5) is 20.2 Å². The van der Waals surface area contributed by atoms with E-state index in [1.165, 1.54) is 24.3 Å². The van der Waals surface area contributed by atoms with Crippen LogP contribution in [0.5, 0.6) is 0 Å². The smallest absolute Gasteiger partial charge is 0.261 e. The number of amides is 1. The molecule has 9 heteroatoms. The number of furan rings is 1. The molecule has 1 aromatic heterocycles. The van der Waals surface area contributed by atoms with Crippen LogP contribution in [0.3, 0.4) is 0 Å². The third-order valence-corrected chi connectivity index (χ3v) is 5.26. The first-order valence-electron chi connectivity index (χ1n) is 8.12. The molecule has 0 radical (unpaired) electrons. The summed E-state index contributed by atoms with van der Waals surface area (Å²) in [4.78, 5) is 11.8. The topological polar surface area (TPSA) is 88.4 Å². The Bertz CT molecular complexity index is 1140. The van der Waals surface area contributed by atoms with E-state index in [-0.39, 0.29) is 11.6 Å². The van der Waals surface area contributed by atoms with E-state index in [0.29, 0.717) is 28.8 Å². The molecule has 6 nitrogen and oxygen atoms in total. The molecule has 0 unspecified atom stereocenters. The lowest BCUT2D eigenvalue weighted by molar-refractivity contribution is 0.102. The number of carbonyl (C=O) groups excluding carboxylic acids is 1. The van der Waals surface area contributed by atoms with E-state index in [4.69, 9.17) is 4.42 Å². The Kier molecular flexibility index (Phi) is 5.19. The predicted molar refractivity (Wildman–Crippen MR) is 99.7 cm³/mol. The maximum absolute atomic E-state index is 13.3. The minimum atomic E-state index is -4.09. The average Bonchev–Trinajstić information content (AvgIpc) is 2.97. The normalized spacial score (nSPS) is 11.3. The van der Waals surface area contributed by atoms with E-state index in [1.807, 2.05) is 0 Å². The van der Waals surface area contributed by atoms with E-state index in [9.17, 15) is 22.0 Å². The summed E-state index contributed by atoms with van der Waals surface area (Å²) in [6.07, 6.45) is 0. The standard InChI is InChI=1S/C19H16F2N2O4S/c1-11-9-16(12(2)27-11)19(24)22-13-3-5-14(6-4-13)23-28(25,26)15-7-8-17(20)18(21)10-15/h3-10,23H,1-2H3,(H,22,24). The largest absolute Gasteiger partial charge is 0.466 e. The summed E-state index contributed by atoms with van der Waals surface area (Å²) >= 11 is 0.